The van der Waals surface area contributed by atoms with E-state index in [0.29, 0.717) is 5.56 Å². The zero-order chi connectivity index (χ0) is 16.8. The van der Waals surface area contributed by atoms with Crippen LogP contribution in [-0.4, -0.2) is 12.3 Å². The highest BCUT2D eigenvalue weighted by Gasteiger charge is 2.19. The third kappa shape index (κ3) is 7.61. The van der Waals surface area contributed by atoms with E-state index in [4.69, 9.17) is 0 Å². The van der Waals surface area contributed by atoms with Crippen LogP contribution in [0.15, 0.2) is 54.3 Å². The summed E-state index contributed by atoms with van der Waals surface area (Å²) in [4.78, 5) is 10.3. The van der Waals surface area contributed by atoms with Crippen LogP contribution < -0.4 is 5.32 Å². The minimum Gasteiger partial charge on any atom is -0.310 e. The Kier molecular flexibility index (Phi) is 7.95. The average Bonchev–Trinajstić information content (AvgIpc) is 3.28. The number of aldehydes is 1. The van der Waals surface area contributed by atoms with Gasteiger partial charge in [-0.1, -0.05) is 63.7 Å². The molecule has 0 radical (unpaired) electrons. The first-order chi connectivity index (χ1) is 11.0. The average molecular weight is 569 g/mol. The van der Waals surface area contributed by atoms with Gasteiger partial charge in [-0.25, -0.2) is 0 Å². The lowest BCUT2D eigenvalue weighted by molar-refractivity contribution is 0.112. The second kappa shape index (κ2) is 9.47. The summed E-state index contributed by atoms with van der Waals surface area (Å²) in [7, 11) is 0. The number of benzene rings is 2. The summed E-state index contributed by atoms with van der Waals surface area (Å²) >= 11 is 13.5. The Bertz CT molecular complexity index is 646. The van der Waals surface area contributed by atoms with Crippen molar-refractivity contribution in [2.45, 2.75) is 25.4 Å². The number of hydrogen-bond acceptors (Lipinski definition) is 2. The number of rotatable bonds is 4. The molecule has 0 bridgehead atoms. The zero-order valence-corrected chi connectivity index (χ0v) is 18.5. The van der Waals surface area contributed by atoms with E-state index in [1.165, 1.54) is 18.4 Å². The van der Waals surface area contributed by atoms with Gasteiger partial charge in [-0.05, 0) is 54.8 Å². The van der Waals surface area contributed by atoms with Gasteiger partial charge in [-0.3, -0.25) is 4.79 Å². The Labute approximate surface area is 169 Å². The van der Waals surface area contributed by atoms with Gasteiger partial charge >= 0.3 is 0 Å². The number of halogens is 4. The number of carbonyl (C=O) groups is 1. The van der Waals surface area contributed by atoms with E-state index in [2.05, 4.69) is 87.2 Å². The van der Waals surface area contributed by atoms with Gasteiger partial charge in [0.2, 0.25) is 0 Å². The predicted molar refractivity (Wildman–Crippen MR) is 109 cm³/mol. The summed E-state index contributed by atoms with van der Waals surface area (Å²) < 4.78 is 4.08. The quantitative estimate of drug-likeness (QED) is 0.427. The Morgan fingerprint density at radius 3 is 1.78 bits per heavy atom. The smallest absolute Gasteiger partial charge is 0.150 e. The first-order valence-corrected chi connectivity index (χ1v) is 10.2. The highest BCUT2D eigenvalue weighted by molar-refractivity contribution is 9.11. The molecule has 2 aromatic carbocycles. The monoisotopic (exact) mass is 565 g/mol. The molecule has 1 aliphatic carbocycles. The number of nitrogens with one attached hydrogen (secondary N) is 1. The molecule has 0 heterocycles. The molecule has 1 aliphatic rings. The normalized spacial score (nSPS) is 13.2. The van der Waals surface area contributed by atoms with Gasteiger partial charge in [0.05, 0.1) is 0 Å². The first kappa shape index (κ1) is 19.3. The maximum atomic E-state index is 10.3. The summed E-state index contributed by atoms with van der Waals surface area (Å²) in [6, 6.07) is 12.5. The first-order valence-electron chi connectivity index (χ1n) is 7.06. The van der Waals surface area contributed by atoms with Crippen molar-refractivity contribution >= 4 is 70.0 Å². The number of hydrogen-bond donors (Lipinski definition) is 1. The van der Waals surface area contributed by atoms with Gasteiger partial charge in [0.1, 0.15) is 6.29 Å². The van der Waals surface area contributed by atoms with Crippen molar-refractivity contribution < 1.29 is 4.79 Å². The van der Waals surface area contributed by atoms with Crippen molar-refractivity contribution in [3.05, 3.63) is 65.4 Å². The van der Waals surface area contributed by atoms with Gasteiger partial charge in [0.25, 0.3) is 0 Å². The Morgan fingerprint density at radius 1 is 0.870 bits per heavy atom. The van der Waals surface area contributed by atoms with Crippen LogP contribution in [0.25, 0.3) is 0 Å². The molecule has 0 aliphatic heterocycles. The molecule has 1 saturated carbocycles. The second-order valence-corrected chi connectivity index (χ2v) is 8.92. The van der Waals surface area contributed by atoms with Gasteiger partial charge in [-0.2, -0.15) is 0 Å². The molecule has 23 heavy (non-hydrogen) atoms. The van der Waals surface area contributed by atoms with Crippen LogP contribution in [0.1, 0.15) is 28.8 Å². The molecular weight excluding hydrogens is 554 g/mol. The third-order valence-electron chi connectivity index (χ3n) is 3.12. The van der Waals surface area contributed by atoms with Crippen molar-refractivity contribution in [1.82, 2.24) is 5.32 Å². The fourth-order valence-electron chi connectivity index (χ4n) is 1.91. The Morgan fingerprint density at radius 2 is 1.35 bits per heavy atom. The summed E-state index contributed by atoms with van der Waals surface area (Å²) in [5.74, 6) is 0. The van der Waals surface area contributed by atoms with E-state index >= 15 is 0 Å². The summed E-state index contributed by atoms with van der Waals surface area (Å²) in [6.45, 7) is 0.975. The molecule has 1 fully saturated rings. The molecule has 0 spiro atoms. The number of carbonyl (C=O) groups excluding carboxylic acids is 1. The molecule has 122 valence electrons. The second-order valence-electron chi connectivity index (χ2n) is 5.25. The molecule has 0 unspecified atom stereocenters. The Balaban J connectivity index is 0.000000174. The molecule has 6 heteroatoms. The van der Waals surface area contributed by atoms with Crippen molar-refractivity contribution in [2.75, 3.05) is 0 Å². The molecule has 0 aromatic heterocycles. The van der Waals surface area contributed by atoms with Gasteiger partial charge in [0, 0.05) is 36.0 Å². The maximum Gasteiger partial charge on any atom is 0.150 e. The summed E-state index contributed by atoms with van der Waals surface area (Å²) in [5.41, 5.74) is 1.99. The van der Waals surface area contributed by atoms with Crippen molar-refractivity contribution in [3.63, 3.8) is 0 Å². The topological polar surface area (TPSA) is 29.1 Å². The minimum absolute atomic E-state index is 0.668. The Hall–Kier alpha value is -0.0100. The minimum atomic E-state index is 0.668. The SMILES string of the molecule is Brc1cc(Br)cc(CNC2CC2)c1.O=Cc1cc(Br)cc(Br)c1. The van der Waals surface area contributed by atoms with Crippen molar-refractivity contribution in [2.24, 2.45) is 0 Å². The van der Waals surface area contributed by atoms with Crippen LogP contribution in [0, 0.1) is 0 Å². The fourth-order valence-corrected chi connectivity index (χ4v) is 4.62. The largest absolute Gasteiger partial charge is 0.310 e. The van der Waals surface area contributed by atoms with Crippen LogP contribution in [-0.2, 0) is 6.54 Å². The van der Waals surface area contributed by atoms with E-state index in [1.54, 1.807) is 12.1 Å². The molecule has 2 aromatic rings. The standard InChI is InChI=1S/C10H11Br2N.C7H4Br2O/c11-8-3-7(4-9(12)5-8)6-13-10-1-2-10;8-6-1-5(4-10)2-7(9)3-6/h3-5,10,13H,1-2,6H2;1-4H. The molecule has 2 nitrogen and oxygen atoms in total. The van der Waals surface area contributed by atoms with E-state index in [1.807, 2.05) is 6.07 Å². The lowest BCUT2D eigenvalue weighted by Gasteiger charge is -2.04. The lowest BCUT2D eigenvalue weighted by atomic mass is 10.2. The highest BCUT2D eigenvalue weighted by Crippen LogP contribution is 2.22. The third-order valence-corrected chi connectivity index (χ3v) is 4.95. The van der Waals surface area contributed by atoms with Gasteiger partial charge in [-0.15, -0.1) is 0 Å². The van der Waals surface area contributed by atoms with E-state index in [0.717, 1.165) is 36.8 Å². The molecule has 0 saturated heterocycles. The van der Waals surface area contributed by atoms with Crippen LogP contribution in [0.2, 0.25) is 0 Å². The van der Waals surface area contributed by atoms with Crippen LogP contribution >= 0.6 is 63.7 Å². The van der Waals surface area contributed by atoms with Crippen molar-refractivity contribution in [3.8, 4) is 0 Å². The molecule has 0 atom stereocenters. The molecule has 0 amide bonds. The highest BCUT2D eigenvalue weighted by atomic mass is 79.9. The maximum absolute atomic E-state index is 10.3. The molecular formula is C17H15Br4NO. The van der Waals surface area contributed by atoms with Crippen molar-refractivity contribution in [1.29, 1.82) is 0 Å². The zero-order valence-electron chi connectivity index (χ0n) is 12.2. The molecule has 3 rings (SSSR count). The van der Waals surface area contributed by atoms with Crippen LogP contribution in [0.5, 0.6) is 0 Å². The molecule has 1 N–H and O–H groups in total. The van der Waals surface area contributed by atoms with Crippen LogP contribution in [0.4, 0.5) is 0 Å². The van der Waals surface area contributed by atoms with E-state index in [-0.39, 0.29) is 0 Å². The predicted octanol–water partition coefficient (Wildman–Crippen LogP) is 6.49. The van der Waals surface area contributed by atoms with E-state index < -0.39 is 0 Å². The van der Waals surface area contributed by atoms with E-state index in [9.17, 15) is 4.79 Å². The van der Waals surface area contributed by atoms with Gasteiger partial charge in [0.15, 0.2) is 0 Å². The summed E-state index contributed by atoms with van der Waals surface area (Å²) in [6.07, 6.45) is 3.50. The lowest BCUT2D eigenvalue weighted by Crippen LogP contribution is -2.15. The van der Waals surface area contributed by atoms with Crippen LogP contribution in [0.3, 0.4) is 0 Å². The summed E-state index contributed by atoms with van der Waals surface area (Å²) in [5, 5.41) is 3.49. The fraction of sp³-hybridized carbons (Fsp3) is 0.235. The van der Waals surface area contributed by atoms with Gasteiger partial charge < -0.3 is 5.32 Å².